The van der Waals surface area contributed by atoms with E-state index in [4.69, 9.17) is 0 Å². The number of thioether (sulfide) groups is 1. The van der Waals surface area contributed by atoms with Gasteiger partial charge < -0.3 is 10.4 Å². The average Bonchev–Trinajstić information content (AvgIpc) is 2.98. The largest absolute Gasteiger partial charge is 0.391 e. The molecule has 0 aromatic heterocycles. The number of unbranched alkanes of at least 4 members (excludes halogenated alkanes) is 3. The molecule has 3 nitrogen and oxygen atoms in total. The molecule has 1 fully saturated rings. The van der Waals surface area contributed by atoms with Gasteiger partial charge in [-0.05, 0) is 36.3 Å². The number of carbonyl (C=O) groups excluding carboxylic acids is 1. The van der Waals surface area contributed by atoms with E-state index in [0.717, 1.165) is 17.9 Å². The maximum absolute atomic E-state index is 12.2. The summed E-state index contributed by atoms with van der Waals surface area (Å²) in [6.07, 6.45) is 5.83. The van der Waals surface area contributed by atoms with Crippen LogP contribution < -0.4 is 5.32 Å². The average molecular weight is 336 g/mol. The third-order valence-electron chi connectivity index (χ3n) is 4.35. The highest BCUT2D eigenvalue weighted by atomic mass is 32.2. The Kier molecular flexibility index (Phi) is 8.13. The first kappa shape index (κ1) is 18.5. The topological polar surface area (TPSA) is 49.3 Å². The highest BCUT2D eigenvalue weighted by Crippen LogP contribution is 2.17. The van der Waals surface area contributed by atoms with Gasteiger partial charge in [-0.3, -0.25) is 4.79 Å². The molecule has 0 spiro atoms. The fraction of sp³-hybridized carbons (Fsp3) is 0.632. The van der Waals surface area contributed by atoms with Crippen LogP contribution in [0.15, 0.2) is 24.3 Å². The summed E-state index contributed by atoms with van der Waals surface area (Å²) in [5.74, 6) is 2.36. The zero-order chi connectivity index (χ0) is 16.5. The smallest absolute Gasteiger partial charge is 0.156 e. The summed E-state index contributed by atoms with van der Waals surface area (Å²) >= 11 is 1.99. The Morgan fingerprint density at radius 2 is 1.96 bits per heavy atom. The Bertz CT molecular complexity index is 475. The molecular formula is C19H29NO2S. The summed E-state index contributed by atoms with van der Waals surface area (Å²) in [5.41, 5.74) is 2.35. The van der Waals surface area contributed by atoms with Crippen molar-refractivity contribution >= 4 is 17.5 Å². The maximum atomic E-state index is 12.2. The predicted molar refractivity (Wildman–Crippen MR) is 97.9 cm³/mol. The molecule has 0 bridgehead atoms. The zero-order valence-electron chi connectivity index (χ0n) is 14.1. The van der Waals surface area contributed by atoms with Gasteiger partial charge in [-0.15, -0.1) is 0 Å². The monoisotopic (exact) mass is 335 g/mol. The van der Waals surface area contributed by atoms with Crippen LogP contribution in [-0.4, -0.2) is 35.3 Å². The van der Waals surface area contributed by atoms with E-state index < -0.39 is 6.10 Å². The van der Waals surface area contributed by atoms with Gasteiger partial charge in [0.05, 0.1) is 12.1 Å². The Balaban J connectivity index is 1.70. The molecule has 4 heteroatoms. The van der Waals surface area contributed by atoms with Crippen LogP contribution in [0.3, 0.4) is 0 Å². The van der Waals surface area contributed by atoms with Crippen LogP contribution in [-0.2, 0) is 17.0 Å². The molecule has 0 saturated carbocycles. The standard InChI is InChI=1S/C19H29NO2S/c1-2-3-4-5-12-23-14-16-8-6-15(7-9-16)13-18(22)19-17(21)10-11-20-19/h6-9,17,19-21H,2-5,10-14H2,1H3/t17-,19?/m1/s1. The van der Waals surface area contributed by atoms with Crippen molar-refractivity contribution in [1.29, 1.82) is 0 Å². The SMILES string of the molecule is CCCCCCSCc1ccc(CC(=O)C2NCC[C@H]2O)cc1. The van der Waals surface area contributed by atoms with Gasteiger partial charge in [0.25, 0.3) is 0 Å². The molecule has 1 heterocycles. The highest BCUT2D eigenvalue weighted by molar-refractivity contribution is 7.98. The minimum absolute atomic E-state index is 0.0908. The molecule has 1 aliphatic heterocycles. The van der Waals surface area contributed by atoms with Gasteiger partial charge in [0.1, 0.15) is 0 Å². The normalized spacial score (nSPS) is 20.8. The number of rotatable bonds is 10. The molecule has 1 unspecified atom stereocenters. The van der Waals surface area contributed by atoms with Crippen LogP contribution in [0.4, 0.5) is 0 Å². The Labute approximate surface area is 144 Å². The van der Waals surface area contributed by atoms with E-state index in [9.17, 15) is 9.90 Å². The Morgan fingerprint density at radius 3 is 2.61 bits per heavy atom. The summed E-state index contributed by atoms with van der Waals surface area (Å²) in [4.78, 5) is 12.2. The van der Waals surface area contributed by atoms with Crippen LogP contribution in [0.1, 0.15) is 50.2 Å². The van der Waals surface area contributed by atoms with Gasteiger partial charge >= 0.3 is 0 Å². The van der Waals surface area contributed by atoms with E-state index in [-0.39, 0.29) is 11.8 Å². The summed E-state index contributed by atoms with van der Waals surface area (Å²) in [6.45, 7) is 2.97. The van der Waals surface area contributed by atoms with Crippen LogP contribution in [0.25, 0.3) is 0 Å². The van der Waals surface area contributed by atoms with E-state index in [2.05, 4.69) is 24.4 Å². The van der Waals surface area contributed by atoms with Crippen molar-refractivity contribution in [2.24, 2.45) is 0 Å². The predicted octanol–water partition coefficient (Wildman–Crippen LogP) is 3.33. The molecule has 2 atom stereocenters. The molecule has 1 aliphatic rings. The lowest BCUT2D eigenvalue weighted by Gasteiger charge is -2.13. The van der Waals surface area contributed by atoms with E-state index in [1.54, 1.807) is 0 Å². The van der Waals surface area contributed by atoms with Gasteiger partial charge in [0.2, 0.25) is 0 Å². The van der Waals surface area contributed by atoms with Crippen LogP contribution in [0.5, 0.6) is 0 Å². The van der Waals surface area contributed by atoms with Gasteiger partial charge in [-0.1, -0.05) is 50.5 Å². The van der Waals surface area contributed by atoms with Crippen LogP contribution in [0, 0.1) is 0 Å². The number of aliphatic hydroxyl groups excluding tert-OH is 1. The van der Waals surface area contributed by atoms with Gasteiger partial charge in [0.15, 0.2) is 5.78 Å². The lowest BCUT2D eigenvalue weighted by Crippen LogP contribution is -2.39. The molecule has 128 valence electrons. The van der Waals surface area contributed by atoms with Crippen LogP contribution in [0.2, 0.25) is 0 Å². The molecule has 2 N–H and O–H groups in total. The second kappa shape index (κ2) is 10.1. The van der Waals surface area contributed by atoms with Crippen molar-refractivity contribution in [2.75, 3.05) is 12.3 Å². The lowest BCUT2D eigenvalue weighted by molar-refractivity contribution is -0.122. The third-order valence-corrected chi connectivity index (χ3v) is 5.46. The number of hydrogen-bond donors (Lipinski definition) is 2. The minimum Gasteiger partial charge on any atom is -0.391 e. The van der Waals surface area contributed by atoms with Crippen molar-refractivity contribution in [3.8, 4) is 0 Å². The van der Waals surface area contributed by atoms with Crippen LogP contribution >= 0.6 is 11.8 Å². The van der Waals surface area contributed by atoms with Crippen molar-refractivity contribution in [3.63, 3.8) is 0 Å². The molecular weight excluding hydrogens is 306 g/mol. The summed E-state index contributed by atoms with van der Waals surface area (Å²) < 4.78 is 0. The van der Waals surface area contributed by atoms with Crippen molar-refractivity contribution in [3.05, 3.63) is 35.4 Å². The molecule has 0 amide bonds. The van der Waals surface area contributed by atoms with Crippen molar-refractivity contribution in [1.82, 2.24) is 5.32 Å². The van der Waals surface area contributed by atoms with E-state index >= 15 is 0 Å². The maximum Gasteiger partial charge on any atom is 0.156 e. The van der Waals surface area contributed by atoms with E-state index in [0.29, 0.717) is 12.8 Å². The number of ketones is 1. The molecule has 1 aromatic carbocycles. The minimum atomic E-state index is -0.522. The zero-order valence-corrected chi connectivity index (χ0v) is 14.9. The summed E-state index contributed by atoms with van der Waals surface area (Å²) in [6, 6.07) is 7.96. The molecule has 0 aliphatic carbocycles. The second-order valence-corrected chi connectivity index (χ2v) is 7.47. The number of Topliss-reactive ketones (excluding diaryl/α,β-unsaturated/α-hetero) is 1. The van der Waals surface area contributed by atoms with Gasteiger partial charge in [-0.2, -0.15) is 11.8 Å². The highest BCUT2D eigenvalue weighted by Gasteiger charge is 2.30. The molecule has 1 saturated heterocycles. The first-order valence-electron chi connectivity index (χ1n) is 8.80. The Hall–Kier alpha value is -0.840. The fourth-order valence-corrected chi connectivity index (χ4v) is 3.88. The number of hydrogen-bond acceptors (Lipinski definition) is 4. The summed E-state index contributed by atoms with van der Waals surface area (Å²) in [5, 5.41) is 12.9. The molecule has 2 rings (SSSR count). The number of aliphatic hydroxyl groups is 1. The van der Waals surface area contributed by atoms with E-state index in [1.807, 2.05) is 23.9 Å². The second-order valence-electron chi connectivity index (χ2n) is 6.36. The number of benzene rings is 1. The fourth-order valence-electron chi connectivity index (χ4n) is 2.90. The lowest BCUT2D eigenvalue weighted by atomic mass is 10.0. The molecule has 23 heavy (non-hydrogen) atoms. The third kappa shape index (κ3) is 6.28. The molecule has 0 radical (unpaired) electrons. The van der Waals surface area contributed by atoms with E-state index in [1.165, 1.54) is 37.0 Å². The first-order valence-corrected chi connectivity index (χ1v) is 9.96. The summed E-state index contributed by atoms with van der Waals surface area (Å²) in [7, 11) is 0. The van der Waals surface area contributed by atoms with Gasteiger partial charge in [0, 0.05) is 12.2 Å². The number of nitrogens with one attached hydrogen (secondary N) is 1. The molecule has 1 aromatic rings. The van der Waals surface area contributed by atoms with Crippen molar-refractivity contribution in [2.45, 2.75) is 63.3 Å². The van der Waals surface area contributed by atoms with Gasteiger partial charge in [-0.25, -0.2) is 0 Å². The quantitative estimate of drug-likeness (QED) is 0.644. The number of carbonyl (C=O) groups is 1. The first-order chi connectivity index (χ1) is 11.2. The Morgan fingerprint density at radius 1 is 1.22 bits per heavy atom. The van der Waals surface area contributed by atoms with Crippen molar-refractivity contribution < 1.29 is 9.90 Å².